The first kappa shape index (κ1) is 19.7. The van der Waals surface area contributed by atoms with Gasteiger partial charge in [-0.05, 0) is 38.5 Å². The second kappa shape index (κ2) is 8.00. The van der Waals surface area contributed by atoms with Gasteiger partial charge in [-0.3, -0.25) is 9.36 Å². The lowest BCUT2D eigenvalue weighted by Gasteiger charge is -2.08. The second-order valence-corrected chi connectivity index (χ2v) is 8.59. The van der Waals surface area contributed by atoms with Crippen LogP contribution < -0.4 is 10.3 Å². The lowest BCUT2D eigenvalue weighted by Crippen LogP contribution is -2.22. The van der Waals surface area contributed by atoms with Crippen molar-refractivity contribution < 1.29 is 9.26 Å². The van der Waals surface area contributed by atoms with Crippen LogP contribution >= 0.6 is 23.1 Å². The summed E-state index contributed by atoms with van der Waals surface area (Å²) in [5.74, 6) is 2.14. The van der Waals surface area contributed by atoms with E-state index in [1.807, 2.05) is 45.0 Å². The van der Waals surface area contributed by atoms with Crippen LogP contribution in [0.1, 0.15) is 23.3 Å². The van der Waals surface area contributed by atoms with Gasteiger partial charge in [-0.2, -0.15) is 4.98 Å². The molecular weight excluding hydrogens is 408 g/mol. The van der Waals surface area contributed by atoms with E-state index in [1.165, 1.54) is 11.8 Å². The number of thiophene rings is 1. The molecular formula is C20H20N4O3S2. The number of rotatable bonds is 6. The third-order valence-corrected chi connectivity index (χ3v) is 6.75. The third-order valence-electron chi connectivity index (χ3n) is 4.69. The molecule has 0 spiro atoms. The van der Waals surface area contributed by atoms with E-state index < -0.39 is 0 Å². The number of nitrogens with zero attached hydrogens (tertiary/aromatic N) is 4. The molecule has 0 aliphatic rings. The fourth-order valence-corrected chi connectivity index (χ4v) is 4.99. The highest BCUT2D eigenvalue weighted by atomic mass is 32.2. The zero-order chi connectivity index (χ0) is 20.5. The first-order chi connectivity index (χ1) is 14.0. The number of ether oxygens (including phenoxy) is 1. The molecule has 3 heterocycles. The molecule has 29 heavy (non-hydrogen) atoms. The Bertz CT molecular complexity index is 1240. The molecule has 0 saturated heterocycles. The van der Waals surface area contributed by atoms with E-state index in [4.69, 9.17) is 14.2 Å². The van der Waals surface area contributed by atoms with Crippen LogP contribution in [0.15, 0.2) is 38.7 Å². The van der Waals surface area contributed by atoms with Crippen LogP contribution in [0.25, 0.3) is 21.6 Å². The van der Waals surface area contributed by atoms with Gasteiger partial charge >= 0.3 is 0 Å². The normalized spacial score (nSPS) is 11.3. The van der Waals surface area contributed by atoms with Crippen LogP contribution in [-0.2, 0) is 12.3 Å². The molecule has 0 saturated carbocycles. The van der Waals surface area contributed by atoms with Gasteiger partial charge in [0.15, 0.2) is 5.16 Å². The molecule has 4 rings (SSSR count). The van der Waals surface area contributed by atoms with Crippen molar-refractivity contribution in [2.75, 3.05) is 7.11 Å². The Kier molecular flexibility index (Phi) is 5.42. The van der Waals surface area contributed by atoms with E-state index in [0.717, 1.165) is 32.0 Å². The van der Waals surface area contributed by atoms with E-state index in [9.17, 15) is 4.79 Å². The van der Waals surface area contributed by atoms with Gasteiger partial charge in [-0.1, -0.05) is 29.1 Å². The van der Waals surface area contributed by atoms with Crippen molar-refractivity contribution in [3.8, 4) is 17.1 Å². The Balaban J connectivity index is 1.60. The molecule has 0 N–H and O–H groups in total. The van der Waals surface area contributed by atoms with E-state index in [2.05, 4.69) is 10.1 Å². The SMILES string of the molecule is CCn1c(SCc2nc(-c3cccc(OC)c3)no2)nc2sc(C)c(C)c2c1=O. The Morgan fingerprint density at radius 3 is 2.86 bits per heavy atom. The topological polar surface area (TPSA) is 83.0 Å². The fraction of sp³-hybridized carbons (Fsp3) is 0.300. The summed E-state index contributed by atoms with van der Waals surface area (Å²) in [6.07, 6.45) is 0. The van der Waals surface area contributed by atoms with Crippen molar-refractivity contribution >= 4 is 33.3 Å². The Morgan fingerprint density at radius 2 is 2.10 bits per heavy atom. The van der Waals surface area contributed by atoms with Gasteiger partial charge in [-0.15, -0.1) is 11.3 Å². The minimum atomic E-state index is 0.00412. The van der Waals surface area contributed by atoms with Crippen LogP contribution in [0.3, 0.4) is 0 Å². The molecule has 0 unspecified atom stereocenters. The summed E-state index contributed by atoms with van der Waals surface area (Å²) in [7, 11) is 1.62. The lowest BCUT2D eigenvalue weighted by molar-refractivity contribution is 0.391. The molecule has 0 radical (unpaired) electrons. The number of methoxy groups -OCH3 is 1. The van der Waals surface area contributed by atoms with E-state index >= 15 is 0 Å². The summed E-state index contributed by atoms with van der Waals surface area (Å²) in [6.45, 7) is 6.49. The third kappa shape index (κ3) is 3.67. The van der Waals surface area contributed by atoms with Crippen molar-refractivity contribution in [2.45, 2.75) is 38.2 Å². The van der Waals surface area contributed by atoms with Crippen LogP contribution in [-0.4, -0.2) is 26.8 Å². The Hall–Kier alpha value is -2.65. The number of thioether (sulfide) groups is 1. The smallest absolute Gasteiger partial charge is 0.263 e. The van der Waals surface area contributed by atoms with Crippen molar-refractivity contribution in [3.63, 3.8) is 0 Å². The minimum Gasteiger partial charge on any atom is -0.497 e. The number of aromatic nitrogens is 4. The highest BCUT2D eigenvalue weighted by Crippen LogP contribution is 2.29. The molecule has 0 aliphatic carbocycles. The van der Waals surface area contributed by atoms with Crippen molar-refractivity contribution in [1.29, 1.82) is 0 Å². The quantitative estimate of drug-likeness (QED) is 0.331. The molecule has 150 valence electrons. The summed E-state index contributed by atoms with van der Waals surface area (Å²) >= 11 is 2.97. The minimum absolute atomic E-state index is 0.00412. The lowest BCUT2D eigenvalue weighted by atomic mass is 10.2. The molecule has 0 atom stereocenters. The molecule has 1 aromatic carbocycles. The van der Waals surface area contributed by atoms with Gasteiger partial charge < -0.3 is 9.26 Å². The summed E-state index contributed by atoms with van der Waals surface area (Å²) in [5.41, 5.74) is 1.84. The maximum Gasteiger partial charge on any atom is 0.263 e. The highest BCUT2D eigenvalue weighted by Gasteiger charge is 2.17. The molecule has 3 aromatic heterocycles. The number of hydrogen-bond acceptors (Lipinski definition) is 8. The van der Waals surface area contributed by atoms with E-state index in [-0.39, 0.29) is 5.56 Å². The number of fused-ring (bicyclic) bond motifs is 1. The van der Waals surface area contributed by atoms with Crippen LogP contribution in [0.4, 0.5) is 0 Å². The molecule has 0 fully saturated rings. The summed E-state index contributed by atoms with van der Waals surface area (Å²) in [4.78, 5) is 24.0. The highest BCUT2D eigenvalue weighted by molar-refractivity contribution is 7.98. The Labute approximate surface area is 175 Å². The van der Waals surface area contributed by atoms with Gasteiger partial charge in [0, 0.05) is 17.0 Å². The zero-order valence-electron chi connectivity index (χ0n) is 16.6. The molecule has 0 amide bonds. The van der Waals surface area contributed by atoms with Gasteiger partial charge in [-0.25, -0.2) is 4.98 Å². The van der Waals surface area contributed by atoms with Gasteiger partial charge in [0.2, 0.25) is 11.7 Å². The molecule has 4 aromatic rings. The fourth-order valence-electron chi connectivity index (χ4n) is 3.02. The monoisotopic (exact) mass is 428 g/mol. The first-order valence-electron chi connectivity index (χ1n) is 9.12. The van der Waals surface area contributed by atoms with Gasteiger partial charge in [0.05, 0.1) is 18.2 Å². The Morgan fingerprint density at radius 1 is 1.28 bits per heavy atom. The number of hydrogen-bond donors (Lipinski definition) is 0. The predicted octanol–water partition coefficient (Wildman–Crippen LogP) is 4.45. The number of benzene rings is 1. The average molecular weight is 429 g/mol. The summed E-state index contributed by atoms with van der Waals surface area (Å²) < 4.78 is 12.3. The summed E-state index contributed by atoms with van der Waals surface area (Å²) in [6, 6.07) is 7.49. The van der Waals surface area contributed by atoms with E-state index in [0.29, 0.717) is 29.2 Å². The molecule has 9 heteroatoms. The molecule has 7 nitrogen and oxygen atoms in total. The summed E-state index contributed by atoms with van der Waals surface area (Å²) in [5, 5.41) is 5.44. The van der Waals surface area contributed by atoms with E-state index in [1.54, 1.807) is 23.0 Å². The predicted molar refractivity (Wildman–Crippen MR) is 115 cm³/mol. The van der Waals surface area contributed by atoms with Crippen LogP contribution in [0.5, 0.6) is 5.75 Å². The van der Waals surface area contributed by atoms with Crippen LogP contribution in [0, 0.1) is 13.8 Å². The van der Waals surface area contributed by atoms with Crippen molar-refractivity contribution in [1.82, 2.24) is 19.7 Å². The van der Waals surface area contributed by atoms with Gasteiger partial charge in [0.25, 0.3) is 5.56 Å². The number of aryl methyl sites for hydroxylation is 2. The largest absolute Gasteiger partial charge is 0.497 e. The van der Waals surface area contributed by atoms with Gasteiger partial charge in [0.1, 0.15) is 10.6 Å². The van der Waals surface area contributed by atoms with Crippen LogP contribution in [0.2, 0.25) is 0 Å². The zero-order valence-corrected chi connectivity index (χ0v) is 18.2. The maximum absolute atomic E-state index is 12.9. The van der Waals surface area contributed by atoms with Crippen molar-refractivity contribution in [3.05, 3.63) is 51.0 Å². The second-order valence-electron chi connectivity index (χ2n) is 6.44. The van der Waals surface area contributed by atoms with Crippen molar-refractivity contribution in [2.24, 2.45) is 0 Å². The first-order valence-corrected chi connectivity index (χ1v) is 10.9. The average Bonchev–Trinajstić information content (AvgIpc) is 3.31. The maximum atomic E-state index is 12.9. The molecule has 0 bridgehead atoms. The molecule has 0 aliphatic heterocycles. The standard InChI is InChI=1S/C20H20N4O3S2/c1-5-24-19(25)16-11(2)12(3)29-18(16)22-20(24)28-10-15-21-17(23-27-15)13-7-6-8-14(9-13)26-4/h6-9H,5,10H2,1-4H3.